The van der Waals surface area contributed by atoms with Gasteiger partial charge in [-0.15, -0.1) is 22.7 Å². The molecule has 0 aromatic carbocycles. The third-order valence-corrected chi connectivity index (χ3v) is 8.48. The zero-order valence-electron chi connectivity index (χ0n) is 18.8. The van der Waals surface area contributed by atoms with Gasteiger partial charge in [-0.2, -0.15) is 0 Å². The van der Waals surface area contributed by atoms with Crippen molar-refractivity contribution in [3.63, 3.8) is 0 Å². The lowest BCUT2D eigenvalue weighted by atomic mass is 9.86. The number of carboxylic acids is 1. The van der Waals surface area contributed by atoms with E-state index in [0.717, 1.165) is 16.0 Å². The van der Waals surface area contributed by atoms with E-state index in [1.807, 2.05) is 6.07 Å². The van der Waals surface area contributed by atoms with E-state index < -0.39 is 36.5 Å². The average Bonchev–Trinajstić information content (AvgIpc) is 3.50. The van der Waals surface area contributed by atoms with E-state index >= 15 is 0 Å². The van der Waals surface area contributed by atoms with Crippen molar-refractivity contribution < 1.29 is 28.7 Å². The van der Waals surface area contributed by atoms with Crippen LogP contribution in [0.25, 0.3) is 10.2 Å². The number of hydrogen-bond acceptors (Lipinski definition) is 12. The molecule has 5 heterocycles. The van der Waals surface area contributed by atoms with E-state index in [9.17, 15) is 23.9 Å². The van der Waals surface area contributed by atoms with Gasteiger partial charge in [0.2, 0.25) is 0 Å². The van der Waals surface area contributed by atoms with Crippen molar-refractivity contribution in [2.45, 2.75) is 29.3 Å². The van der Waals surface area contributed by atoms with Crippen LogP contribution in [0.2, 0.25) is 0 Å². The van der Waals surface area contributed by atoms with Crippen molar-refractivity contribution >= 4 is 73.3 Å². The van der Waals surface area contributed by atoms with E-state index in [1.165, 1.54) is 33.4 Å². The molecule has 1 fully saturated rings. The first-order chi connectivity index (χ1) is 17.9. The number of thiazole rings is 2. The van der Waals surface area contributed by atoms with Crippen LogP contribution in [0, 0.1) is 0 Å². The smallest absolute Gasteiger partial charge is 0.353 e. The van der Waals surface area contributed by atoms with Gasteiger partial charge in [-0.3, -0.25) is 19.5 Å². The number of aliphatic carboxylic acids is 1. The minimum Gasteiger partial charge on any atom is -0.477 e. The van der Waals surface area contributed by atoms with Gasteiger partial charge in [-0.25, -0.2) is 19.2 Å². The molecule has 2 aliphatic heterocycles. The molecule has 4 N–H and O–H groups in total. The first kappa shape index (κ1) is 25.0. The van der Waals surface area contributed by atoms with Crippen LogP contribution >= 0.6 is 34.4 Å². The topological polar surface area (TPSA) is 173 Å². The number of nitrogens with two attached hydrogens (primary N) is 1. The summed E-state index contributed by atoms with van der Waals surface area (Å²) < 4.78 is 14.0. The van der Waals surface area contributed by atoms with E-state index in [1.54, 1.807) is 12.4 Å². The summed E-state index contributed by atoms with van der Waals surface area (Å²) in [5.41, 5.74) is 6.07. The van der Waals surface area contributed by atoms with E-state index in [-0.39, 0.29) is 28.8 Å². The van der Waals surface area contributed by atoms with E-state index in [2.05, 4.69) is 25.4 Å². The van der Waals surface area contributed by atoms with Gasteiger partial charge in [0.05, 0.1) is 16.9 Å². The van der Waals surface area contributed by atoms with Gasteiger partial charge in [0.25, 0.3) is 11.8 Å². The molecule has 16 heteroatoms. The standard InChI is InChI=1S/C21H18FN7O5S3/c22-4-6-34-28-14(10-8-35-20(23)25-10)17(30)27-15-11-1-2-13(16(19(32)33)29(11)18(15)31)37-21-26-9-7-24-5-3-12(9)36-21/h3,5,7-8,11,15H,1-2,4,6H2,(H2,23,25)(H,27,30)(H,32,33)/t11?,15-/m0/s1. The number of nitrogens with one attached hydrogen (secondary N) is 1. The predicted molar refractivity (Wildman–Crippen MR) is 135 cm³/mol. The minimum atomic E-state index is -1.24. The van der Waals surface area contributed by atoms with Gasteiger partial charge in [0, 0.05) is 16.5 Å². The SMILES string of the molecule is Nc1nc(C(=NOCCF)C(=O)N[C@@H]2C(=O)N3C(C(=O)O)=C(Sc4nc5cnccc5s4)CCC23)cs1. The molecular formula is C21H18FN7O5S3. The molecule has 0 aliphatic carbocycles. The highest BCUT2D eigenvalue weighted by molar-refractivity contribution is 8.04. The highest BCUT2D eigenvalue weighted by Gasteiger charge is 2.54. The molecule has 3 aromatic rings. The maximum atomic E-state index is 13.0. The Bertz CT molecular complexity index is 1420. The van der Waals surface area contributed by atoms with Crippen LogP contribution in [0.5, 0.6) is 0 Å². The molecule has 192 valence electrons. The number of rotatable bonds is 9. The molecule has 2 aliphatic rings. The number of allylic oxidation sites excluding steroid dienone is 1. The van der Waals surface area contributed by atoms with Crippen LogP contribution in [0.4, 0.5) is 9.52 Å². The van der Waals surface area contributed by atoms with E-state index in [0.29, 0.717) is 27.6 Å². The maximum absolute atomic E-state index is 13.0. The molecule has 5 rings (SSSR count). The first-order valence-electron chi connectivity index (χ1n) is 10.8. The lowest BCUT2D eigenvalue weighted by molar-refractivity contribution is -0.155. The van der Waals surface area contributed by atoms with Crippen molar-refractivity contribution in [1.82, 2.24) is 25.2 Å². The van der Waals surface area contributed by atoms with E-state index in [4.69, 9.17) is 10.6 Å². The molecule has 12 nitrogen and oxygen atoms in total. The second kappa shape index (κ2) is 10.4. The zero-order valence-corrected chi connectivity index (χ0v) is 21.2. The van der Waals surface area contributed by atoms with Crippen LogP contribution in [-0.4, -0.2) is 73.8 Å². The number of nitrogens with zero attached hydrogens (tertiary/aromatic N) is 5. The molecule has 1 unspecified atom stereocenters. The number of hydrogen-bond donors (Lipinski definition) is 3. The number of halogens is 1. The van der Waals surface area contributed by atoms with Crippen LogP contribution < -0.4 is 11.1 Å². The van der Waals surface area contributed by atoms with Crippen LogP contribution in [0.1, 0.15) is 18.5 Å². The average molecular weight is 564 g/mol. The zero-order chi connectivity index (χ0) is 26.1. The second-order valence-corrected chi connectivity index (χ2v) is 11.1. The number of carbonyl (C=O) groups is 3. The Hall–Kier alpha value is -3.63. The van der Waals surface area contributed by atoms with Gasteiger partial charge >= 0.3 is 5.97 Å². The van der Waals surface area contributed by atoms with Crippen molar-refractivity contribution in [2.24, 2.45) is 5.16 Å². The van der Waals surface area contributed by atoms with Crippen molar-refractivity contribution in [3.05, 3.63) is 40.1 Å². The molecule has 0 saturated carbocycles. The number of fused-ring (bicyclic) bond motifs is 2. The fourth-order valence-corrected chi connectivity index (χ4v) is 6.80. The monoisotopic (exact) mass is 563 g/mol. The van der Waals surface area contributed by atoms with Gasteiger partial charge in [-0.05, 0) is 18.9 Å². The number of oxime groups is 1. The molecule has 2 amide bonds. The molecule has 1 saturated heterocycles. The number of anilines is 1. The Morgan fingerprint density at radius 1 is 1.41 bits per heavy atom. The number of carboxylic acid groups (broad SMARTS) is 1. The molecule has 0 radical (unpaired) electrons. The third kappa shape index (κ3) is 4.86. The fourth-order valence-electron chi connectivity index (χ4n) is 3.99. The number of pyridine rings is 1. The quantitative estimate of drug-likeness (QED) is 0.151. The van der Waals surface area contributed by atoms with Crippen LogP contribution in [-0.2, 0) is 19.2 Å². The van der Waals surface area contributed by atoms with Crippen LogP contribution in [0.15, 0.2) is 43.9 Å². The van der Waals surface area contributed by atoms with Crippen molar-refractivity contribution in [1.29, 1.82) is 0 Å². The molecule has 0 bridgehead atoms. The summed E-state index contributed by atoms with van der Waals surface area (Å²) in [6.45, 7) is -1.18. The Labute approximate surface area is 220 Å². The van der Waals surface area contributed by atoms with Crippen molar-refractivity contribution in [2.75, 3.05) is 19.0 Å². The fraction of sp³-hybridized carbons (Fsp3) is 0.286. The number of carbonyl (C=O) groups excluding carboxylic acids is 2. The minimum absolute atomic E-state index is 0.113. The summed E-state index contributed by atoms with van der Waals surface area (Å²) >= 11 is 3.69. The second-order valence-electron chi connectivity index (χ2n) is 7.80. The lowest BCUT2D eigenvalue weighted by Crippen LogP contribution is -2.72. The summed E-state index contributed by atoms with van der Waals surface area (Å²) in [5, 5.41) is 17.9. The molecule has 2 atom stereocenters. The molecule has 3 aromatic heterocycles. The summed E-state index contributed by atoms with van der Waals surface area (Å²) in [6.07, 6.45) is 4.09. The third-order valence-electron chi connectivity index (χ3n) is 5.57. The van der Waals surface area contributed by atoms with Gasteiger partial charge < -0.3 is 21.0 Å². The summed E-state index contributed by atoms with van der Waals surface area (Å²) in [6, 6.07) is 0.302. The van der Waals surface area contributed by atoms with Gasteiger partial charge in [-0.1, -0.05) is 16.9 Å². The first-order valence-corrected chi connectivity index (χ1v) is 13.3. The van der Waals surface area contributed by atoms with Crippen LogP contribution in [0.3, 0.4) is 0 Å². The largest absolute Gasteiger partial charge is 0.477 e. The highest BCUT2D eigenvalue weighted by atomic mass is 32.2. The number of nitrogen functional groups attached to an aromatic ring is 1. The predicted octanol–water partition coefficient (Wildman–Crippen LogP) is 2.00. The molecule has 37 heavy (non-hydrogen) atoms. The van der Waals surface area contributed by atoms with Crippen molar-refractivity contribution in [3.8, 4) is 0 Å². The number of alkyl halides is 1. The summed E-state index contributed by atoms with van der Waals surface area (Å²) in [4.78, 5) is 57.2. The summed E-state index contributed by atoms with van der Waals surface area (Å²) in [5.74, 6) is -2.58. The Morgan fingerprint density at radius 2 is 2.24 bits per heavy atom. The normalized spacial score (nSPS) is 19.5. The number of β-lactam (4-membered cyclic amide) rings is 1. The Kier molecular flexibility index (Phi) is 7.03. The highest BCUT2D eigenvalue weighted by Crippen LogP contribution is 2.44. The lowest BCUT2D eigenvalue weighted by Gasteiger charge is -2.49. The van der Waals surface area contributed by atoms with Gasteiger partial charge in [0.1, 0.15) is 36.2 Å². The molecular weight excluding hydrogens is 545 g/mol. The summed E-state index contributed by atoms with van der Waals surface area (Å²) in [7, 11) is 0. The Morgan fingerprint density at radius 3 is 2.95 bits per heavy atom. The Balaban J connectivity index is 1.34. The number of aromatic nitrogens is 3. The van der Waals surface area contributed by atoms with Gasteiger partial charge in [0.15, 0.2) is 15.2 Å². The number of thioether (sulfide) groups is 1. The number of amides is 2. The maximum Gasteiger partial charge on any atom is 0.353 e. The molecule has 0 spiro atoms.